The Kier molecular flexibility index (Phi) is 4.39. The number of aromatic carboxylic acids is 1. The molecule has 5 heteroatoms. The van der Waals surface area contributed by atoms with Crippen molar-refractivity contribution in [2.45, 2.75) is 13.5 Å². The average molecular weight is 325 g/mol. The SMILES string of the molecule is Cc1ccc(-c2csc(COc3cccc(C(=O)O)c3)n2)cc1. The molecule has 0 aliphatic heterocycles. The zero-order valence-corrected chi connectivity index (χ0v) is 13.3. The van der Waals surface area contributed by atoms with Crippen molar-refractivity contribution in [3.63, 3.8) is 0 Å². The highest BCUT2D eigenvalue weighted by Gasteiger charge is 2.07. The van der Waals surface area contributed by atoms with Gasteiger partial charge in [-0.25, -0.2) is 9.78 Å². The summed E-state index contributed by atoms with van der Waals surface area (Å²) >= 11 is 1.53. The van der Waals surface area contributed by atoms with Crippen molar-refractivity contribution >= 4 is 17.3 Å². The minimum atomic E-state index is -0.966. The number of carboxylic acids is 1. The van der Waals surface area contributed by atoms with Gasteiger partial charge in [-0.1, -0.05) is 35.9 Å². The van der Waals surface area contributed by atoms with Crippen LogP contribution in [0.15, 0.2) is 53.9 Å². The molecule has 3 aromatic rings. The number of carbonyl (C=O) groups is 1. The second-order valence-corrected chi connectivity index (χ2v) is 6.06. The second-order valence-electron chi connectivity index (χ2n) is 5.11. The van der Waals surface area contributed by atoms with E-state index in [1.165, 1.54) is 29.0 Å². The monoisotopic (exact) mass is 325 g/mol. The van der Waals surface area contributed by atoms with Gasteiger partial charge in [-0.2, -0.15) is 0 Å². The Morgan fingerprint density at radius 2 is 2.00 bits per heavy atom. The van der Waals surface area contributed by atoms with E-state index in [0.717, 1.165) is 16.3 Å². The highest BCUT2D eigenvalue weighted by Crippen LogP contribution is 2.23. The van der Waals surface area contributed by atoms with E-state index >= 15 is 0 Å². The van der Waals surface area contributed by atoms with Crippen molar-refractivity contribution in [2.75, 3.05) is 0 Å². The Labute approximate surface area is 138 Å². The van der Waals surface area contributed by atoms with E-state index in [9.17, 15) is 4.79 Å². The zero-order chi connectivity index (χ0) is 16.2. The molecule has 0 bridgehead atoms. The summed E-state index contributed by atoms with van der Waals surface area (Å²) in [6.45, 7) is 2.37. The first-order valence-corrected chi connectivity index (χ1v) is 7.97. The number of aromatic nitrogens is 1. The predicted molar refractivity (Wildman–Crippen MR) is 90.0 cm³/mol. The molecule has 0 fully saturated rings. The summed E-state index contributed by atoms with van der Waals surface area (Å²) in [7, 11) is 0. The lowest BCUT2D eigenvalue weighted by atomic mass is 10.1. The Bertz CT molecular complexity index is 824. The average Bonchev–Trinajstić information content (AvgIpc) is 3.03. The number of rotatable bonds is 5. The van der Waals surface area contributed by atoms with Crippen LogP contribution in [0.25, 0.3) is 11.3 Å². The number of benzene rings is 2. The molecule has 0 saturated carbocycles. The van der Waals surface area contributed by atoms with Crippen molar-refractivity contribution in [3.05, 3.63) is 70.0 Å². The van der Waals surface area contributed by atoms with Gasteiger partial charge in [-0.3, -0.25) is 0 Å². The summed E-state index contributed by atoms with van der Waals surface area (Å²) < 4.78 is 5.64. The number of hydrogen-bond acceptors (Lipinski definition) is 4. The first kappa shape index (κ1) is 15.2. The number of thiazole rings is 1. The van der Waals surface area contributed by atoms with Crippen LogP contribution in [0.4, 0.5) is 0 Å². The predicted octanol–water partition coefficient (Wildman–Crippen LogP) is 4.40. The maximum atomic E-state index is 10.9. The molecule has 2 aromatic carbocycles. The Morgan fingerprint density at radius 3 is 2.74 bits per heavy atom. The standard InChI is InChI=1S/C18H15NO3S/c1-12-5-7-13(8-6-12)16-11-23-17(19-16)10-22-15-4-2-3-14(9-15)18(20)21/h2-9,11H,10H2,1H3,(H,20,21). The van der Waals surface area contributed by atoms with E-state index < -0.39 is 5.97 Å². The Balaban J connectivity index is 1.69. The largest absolute Gasteiger partial charge is 0.486 e. The molecule has 1 N–H and O–H groups in total. The van der Waals surface area contributed by atoms with Crippen LogP contribution in [0, 0.1) is 6.92 Å². The van der Waals surface area contributed by atoms with Gasteiger partial charge in [0.25, 0.3) is 0 Å². The van der Waals surface area contributed by atoms with E-state index in [1.54, 1.807) is 12.1 Å². The Hall–Kier alpha value is -2.66. The molecule has 0 amide bonds. The van der Waals surface area contributed by atoms with Gasteiger partial charge in [0.1, 0.15) is 17.4 Å². The van der Waals surface area contributed by atoms with Crippen molar-refractivity contribution in [2.24, 2.45) is 0 Å². The molecular formula is C18H15NO3S. The van der Waals surface area contributed by atoms with Gasteiger partial charge in [-0.05, 0) is 25.1 Å². The van der Waals surface area contributed by atoms with Crippen LogP contribution in [0.5, 0.6) is 5.75 Å². The van der Waals surface area contributed by atoms with E-state index in [4.69, 9.17) is 9.84 Å². The van der Waals surface area contributed by atoms with E-state index in [1.807, 2.05) is 17.5 Å². The maximum Gasteiger partial charge on any atom is 0.335 e. The molecule has 4 nitrogen and oxygen atoms in total. The minimum absolute atomic E-state index is 0.210. The van der Waals surface area contributed by atoms with Crippen molar-refractivity contribution in [1.82, 2.24) is 4.98 Å². The van der Waals surface area contributed by atoms with Gasteiger partial charge in [-0.15, -0.1) is 11.3 Å². The summed E-state index contributed by atoms with van der Waals surface area (Å²) in [6.07, 6.45) is 0. The summed E-state index contributed by atoms with van der Waals surface area (Å²) in [5.41, 5.74) is 3.42. The second kappa shape index (κ2) is 6.62. The number of carboxylic acid groups (broad SMARTS) is 1. The fourth-order valence-corrected chi connectivity index (χ4v) is 2.81. The summed E-state index contributed by atoms with van der Waals surface area (Å²) in [5, 5.41) is 11.8. The van der Waals surface area contributed by atoms with E-state index in [2.05, 4.69) is 24.0 Å². The van der Waals surface area contributed by atoms with Crippen LogP contribution in [0.2, 0.25) is 0 Å². The molecule has 116 valence electrons. The van der Waals surface area contributed by atoms with Crippen LogP contribution in [-0.2, 0) is 6.61 Å². The number of hydrogen-bond donors (Lipinski definition) is 1. The summed E-state index contributed by atoms with van der Waals surface area (Å²) in [4.78, 5) is 15.5. The topological polar surface area (TPSA) is 59.4 Å². The highest BCUT2D eigenvalue weighted by atomic mass is 32.1. The van der Waals surface area contributed by atoms with Gasteiger partial charge >= 0.3 is 5.97 Å². The molecule has 0 spiro atoms. The normalized spacial score (nSPS) is 10.5. The zero-order valence-electron chi connectivity index (χ0n) is 12.5. The summed E-state index contributed by atoms with van der Waals surface area (Å²) in [5.74, 6) is -0.441. The van der Waals surface area contributed by atoms with Gasteiger partial charge in [0, 0.05) is 10.9 Å². The first-order chi connectivity index (χ1) is 11.1. The van der Waals surface area contributed by atoms with Crippen LogP contribution >= 0.6 is 11.3 Å². The van der Waals surface area contributed by atoms with Gasteiger partial charge in [0.2, 0.25) is 0 Å². The van der Waals surface area contributed by atoms with Crippen molar-refractivity contribution in [1.29, 1.82) is 0 Å². The molecule has 0 radical (unpaired) electrons. The third-order valence-electron chi connectivity index (χ3n) is 3.34. The molecule has 1 heterocycles. The molecule has 1 aromatic heterocycles. The molecule has 0 saturated heterocycles. The fraction of sp³-hybridized carbons (Fsp3) is 0.111. The lowest BCUT2D eigenvalue weighted by Crippen LogP contribution is -1.99. The fourth-order valence-electron chi connectivity index (χ4n) is 2.10. The smallest absolute Gasteiger partial charge is 0.335 e. The molecule has 23 heavy (non-hydrogen) atoms. The Morgan fingerprint density at radius 1 is 1.22 bits per heavy atom. The van der Waals surface area contributed by atoms with Crippen molar-refractivity contribution < 1.29 is 14.6 Å². The molecular weight excluding hydrogens is 310 g/mol. The quantitative estimate of drug-likeness (QED) is 0.755. The first-order valence-electron chi connectivity index (χ1n) is 7.09. The van der Waals surface area contributed by atoms with E-state index in [0.29, 0.717) is 12.4 Å². The minimum Gasteiger partial charge on any atom is -0.486 e. The molecule has 0 unspecified atom stereocenters. The summed E-state index contributed by atoms with van der Waals surface area (Å²) in [6, 6.07) is 14.7. The number of nitrogens with zero attached hydrogens (tertiary/aromatic N) is 1. The van der Waals surface area contributed by atoms with Crippen LogP contribution < -0.4 is 4.74 Å². The highest BCUT2D eigenvalue weighted by molar-refractivity contribution is 7.09. The molecule has 0 aliphatic carbocycles. The van der Waals surface area contributed by atoms with Gasteiger partial charge in [0.15, 0.2) is 0 Å². The third-order valence-corrected chi connectivity index (χ3v) is 4.16. The maximum absolute atomic E-state index is 10.9. The number of aryl methyl sites for hydroxylation is 1. The van der Waals surface area contributed by atoms with Crippen LogP contribution in [0.3, 0.4) is 0 Å². The lowest BCUT2D eigenvalue weighted by Gasteiger charge is -2.04. The van der Waals surface area contributed by atoms with Gasteiger partial charge in [0.05, 0.1) is 11.3 Å². The number of ether oxygens (including phenoxy) is 1. The van der Waals surface area contributed by atoms with Gasteiger partial charge < -0.3 is 9.84 Å². The third kappa shape index (κ3) is 3.76. The molecule has 0 aliphatic rings. The van der Waals surface area contributed by atoms with Crippen LogP contribution in [-0.4, -0.2) is 16.1 Å². The molecule has 0 atom stereocenters. The lowest BCUT2D eigenvalue weighted by molar-refractivity contribution is 0.0696. The van der Waals surface area contributed by atoms with Crippen LogP contribution in [0.1, 0.15) is 20.9 Å². The van der Waals surface area contributed by atoms with Crippen molar-refractivity contribution in [3.8, 4) is 17.0 Å². The molecule has 3 rings (SSSR count). The van der Waals surface area contributed by atoms with E-state index in [-0.39, 0.29) is 5.56 Å².